The number of benzene rings is 1. The van der Waals surface area contributed by atoms with Crippen LogP contribution in [0.15, 0.2) is 46.9 Å². The molecule has 2 aromatic heterocycles. The first kappa shape index (κ1) is 16.3. The van der Waals surface area contributed by atoms with Crippen LogP contribution in [-0.2, 0) is 4.74 Å². The third kappa shape index (κ3) is 2.92. The number of esters is 1. The molecule has 0 aliphatic carbocycles. The number of para-hydroxylation sites is 1. The van der Waals surface area contributed by atoms with Crippen LogP contribution in [0.1, 0.15) is 38.1 Å². The molecule has 5 nitrogen and oxygen atoms in total. The topological polar surface area (TPSA) is 59.8 Å². The molecule has 0 aliphatic rings. The van der Waals surface area contributed by atoms with E-state index >= 15 is 0 Å². The van der Waals surface area contributed by atoms with Crippen molar-refractivity contribution in [3.05, 3.63) is 58.0 Å². The molecule has 3 rings (SSSR count). The zero-order valence-corrected chi connectivity index (χ0v) is 14.4. The van der Waals surface area contributed by atoms with Gasteiger partial charge in [-0.1, -0.05) is 18.2 Å². The molecule has 2 heterocycles. The van der Waals surface area contributed by atoms with Gasteiger partial charge in [0.15, 0.2) is 0 Å². The largest absolute Gasteiger partial charge is 0.465 e. The number of rotatable bonds is 4. The first-order valence-corrected chi connectivity index (χ1v) is 8.26. The Kier molecular flexibility index (Phi) is 4.40. The van der Waals surface area contributed by atoms with Gasteiger partial charge in [-0.3, -0.25) is 4.79 Å². The van der Waals surface area contributed by atoms with Crippen LogP contribution < -0.4 is 0 Å². The average molecular weight is 343 g/mol. The second-order valence-electron chi connectivity index (χ2n) is 5.43. The summed E-state index contributed by atoms with van der Waals surface area (Å²) >= 11 is 1.12. The Bertz CT molecular complexity index is 862. The van der Waals surface area contributed by atoms with Crippen molar-refractivity contribution < 1.29 is 18.7 Å². The lowest BCUT2D eigenvalue weighted by Gasteiger charge is -2.22. The minimum Gasteiger partial charge on any atom is -0.465 e. The van der Waals surface area contributed by atoms with Crippen molar-refractivity contribution in [2.75, 3.05) is 14.2 Å². The molecule has 3 aromatic rings. The number of amides is 1. The number of carbonyl (C=O) groups excluding carboxylic acids is 2. The standard InChI is InChI=1S/C18H17NO4S/c1-11(14-10-12-6-4-5-7-13(12)23-14)19(2)17(20)15-8-9-16(24-15)18(21)22-3/h4-11H,1-3H3. The molecule has 0 radical (unpaired) electrons. The van der Waals surface area contributed by atoms with Gasteiger partial charge in [0.25, 0.3) is 5.91 Å². The van der Waals surface area contributed by atoms with Crippen LogP contribution in [0, 0.1) is 0 Å². The van der Waals surface area contributed by atoms with Gasteiger partial charge in [0.1, 0.15) is 16.2 Å². The fourth-order valence-electron chi connectivity index (χ4n) is 2.41. The van der Waals surface area contributed by atoms with Crippen LogP contribution in [0.3, 0.4) is 0 Å². The van der Waals surface area contributed by atoms with E-state index in [4.69, 9.17) is 4.42 Å². The quantitative estimate of drug-likeness (QED) is 0.669. The van der Waals surface area contributed by atoms with Gasteiger partial charge in [-0.25, -0.2) is 4.79 Å². The number of hydrogen-bond donors (Lipinski definition) is 0. The second kappa shape index (κ2) is 6.49. The monoisotopic (exact) mass is 343 g/mol. The highest BCUT2D eigenvalue weighted by Crippen LogP contribution is 2.28. The fraction of sp³-hybridized carbons (Fsp3) is 0.222. The number of hydrogen-bond acceptors (Lipinski definition) is 5. The zero-order chi connectivity index (χ0) is 17.3. The molecular weight excluding hydrogens is 326 g/mol. The number of methoxy groups -OCH3 is 1. The summed E-state index contributed by atoms with van der Waals surface area (Å²) in [5.41, 5.74) is 0.796. The van der Waals surface area contributed by atoms with E-state index in [1.165, 1.54) is 7.11 Å². The lowest BCUT2D eigenvalue weighted by molar-refractivity contribution is 0.0606. The van der Waals surface area contributed by atoms with E-state index in [2.05, 4.69) is 4.74 Å². The van der Waals surface area contributed by atoms with E-state index in [-0.39, 0.29) is 11.9 Å². The van der Waals surface area contributed by atoms with Crippen LogP contribution in [-0.4, -0.2) is 30.9 Å². The molecule has 0 N–H and O–H groups in total. The van der Waals surface area contributed by atoms with Gasteiger partial charge in [-0.15, -0.1) is 11.3 Å². The number of fused-ring (bicyclic) bond motifs is 1. The summed E-state index contributed by atoms with van der Waals surface area (Å²) in [4.78, 5) is 26.7. The smallest absolute Gasteiger partial charge is 0.348 e. The van der Waals surface area contributed by atoms with Gasteiger partial charge >= 0.3 is 5.97 Å². The first-order valence-electron chi connectivity index (χ1n) is 7.45. The highest BCUT2D eigenvalue weighted by Gasteiger charge is 2.24. The molecule has 6 heteroatoms. The third-order valence-corrected chi connectivity index (χ3v) is 5.01. The number of ether oxygens (including phenoxy) is 1. The highest BCUT2D eigenvalue weighted by atomic mass is 32.1. The van der Waals surface area contributed by atoms with Crippen LogP contribution in [0.2, 0.25) is 0 Å². The Morgan fingerprint density at radius 2 is 1.88 bits per heavy atom. The molecule has 0 saturated carbocycles. The number of carbonyl (C=O) groups is 2. The number of thiophene rings is 1. The predicted octanol–water partition coefficient (Wildman–Crippen LogP) is 4.11. The van der Waals surface area contributed by atoms with Gasteiger partial charge in [-0.05, 0) is 31.2 Å². The number of nitrogens with zero attached hydrogens (tertiary/aromatic N) is 1. The minimum atomic E-state index is -0.438. The summed E-state index contributed by atoms with van der Waals surface area (Å²) in [5.74, 6) is 0.118. The van der Waals surface area contributed by atoms with Crippen molar-refractivity contribution in [2.45, 2.75) is 13.0 Å². The minimum absolute atomic E-state index is 0.164. The predicted molar refractivity (Wildman–Crippen MR) is 92.4 cm³/mol. The molecule has 0 spiro atoms. The van der Waals surface area contributed by atoms with Gasteiger partial charge in [-0.2, -0.15) is 0 Å². The maximum atomic E-state index is 12.6. The Morgan fingerprint density at radius 3 is 2.58 bits per heavy atom. The maximum Gasteiger partial charge on any atom is 0.348 e. The Morgan fingerprint density at radius 1 is 1.17 bits per heavy atom. The fourth-order valence-corrected chi connectivity index (χ4v) is 3.32. The van der Waals surface area contributed by atoms with Crippen LogP contribution in [0.5, 0.6) is 0 Å². The van der Waals surface area contributed by atoms with Crippen molar-refractivity contribution in [2.24, 2.45) is 0 Å². The van der Waals surface area contributed by atoms with E-state index in [0.717, 1.165) is 28.1 Å². The molecule has 1 unspecified atom stereocenters. The van der Waals surface area contributed by atoms with Gasteiger partial charge < -0.3 is 14.1 Å². The molecule has 124 valence electrons. The second-order valence-corrected chi connectivity index (χ2v) is 6.52. The number of furan rings is 1. The van der Waals surface area contributed by atoms with Crippen LogP contribution in [0.25, 0.3) is 11.0 Å². The Labute approximate surface area is 143 Å². The molecule has 0 bridgehead atoms. The van der Waals surface area contributed by atoms with E-state index in [1.54, 1.807) is 24.1 Å². The highest BCUT2D eigenvalue weighted by molar-refractivity contribution is 7.15. The van der Waals surface area contributed by atoms with Crippen molar-refractivity contribution >= 4 is 34.2 Å². The summed E-state index contributed by atoms with van der Waals surface area (Å²) in [6.45, 7) is 1.91. The summed E-state index contributed by atoms with van der Waals surface area (Å²) in [6.07, 6.45) is 0. The molecule has 24 heavy (non-hydrogen) atoms. The molecule has 1 atom stereocenters. The van der Waals surface area contributed by atoms with Gasteiger partial charge in [0, 0.05) is 12.4 Å². The molecular formula is C18H17NO4S. The zero-order valence-electron chi connectivity index (χ0n) is 13.6. The molecule has 0 fully saturated rings. The van der Waals surface area contributed by atoms with Crippen molar-refractivity contribution in [3.63, 3.8) is 0 Å². The van der Waals surface area contributed by atoms with Crippen molar-refractivity contribution in [3.8, 4) is 0 Å². The summed E-state index contributed by atoms with van der Waals surface area (Å²) < 4.78 is 10.5. The molecule has 0 saturated heterocycles. The Hall–Kier alpha value is -2.60. The third-order valence-electron chi connectivity index (χ3n) is 3.96. The van der Waals surface area contributed by atoms with E-state index in [9.17, 15) is 9.59 Å². The normalized spacial score (nSPS) is 12.1. The lowest BCUT2D eigenvalue weighted by Crippen LogP contribution is -2.28. The molecule has 1 aromatic carbocycles. The van der Waals surface area contributed by atoms with Crippen LogP contribution >= 0.6 is 11.3 Å². The lowest BCUT2D eigenvalue weighted by atomic mass is 10.2. The molecule has 1 amide bonds. The summed E-state index contributed by atoms with van der Waals surface area (Å²) in [7, 11) is 3.04. The van der Waals surface area contributed by atoms with Crippen LogP contribution in [0.4, 0.5) is 0 Å². The van der Waals surface area contributed by atoms with E-state index < -0.39 is 5.97 Å². The molecule has 0 aliphatic heterocycles. The maximum absolute atomic E-state index is 12.6. The van der Waals surface area contributed by atoms with E-state index in [0.29, 0.717) is 9.75 Å². The Balaban J connectivity index is 1.81. The first-order chi connectivity index (χ1) is 11.5. The van der Waals surface area contributed by atoms with Gasteiger partial charge in [0.05, 0.1) is 18.0 Å². The SMILES string of the molecule is COC(=O)c1ccc(C(=O)N(C)C(C)c2cc3ccccc3o2)s1. The van der Waals surface area contributed by atoms with Gasteiger partial charge in [0.2, 0.25) is 0 Å². The summed E-state index contributed by atoms with van der Waals surface area (Å²) in [6, 6.07) is 12.7. The average Bonchev–Trinajstić information content (AvgIpc) is 3.25. The van der Waals surface area contributed by atoms with Crippen molar-refractivity contribution in [1.82, 2.24) is 4.90 Å². The van der Waals surface area contributed by atoms with Crippen molar-refractivity contribution in [1.29, 1.82) is 0 Å². The summed E-state index contributed by atoms with van der Waals surface area (Å²) in [5, 5.41) is 1.00. The van der Waals surface area contributed by atoms with E-state index in [1.807, 2.05) is 37.3 Å².